The molecule has 2 unspecified atom stereocenters. The standard InChI is InChI=1S/C27H34N4O3/c1-19(20-6-4-3-5-7-20)34-27(32)29-21-8-11-25-23(18-21)22-9-10-24(26(22)30(25)2)28-12-13-31-14-16-33-17-15-31/h3-8,11,18-19,24,28H,9-10,12-17H2,1-2H3,(H,29,32). The first-order valence-corrected chi connectivity index (χ1v) is 12.3. The molecule has 1 saturated heterocycles. The molecule has 1 aliphatic heterocycles. The van der Waals surface area contributed by atoms with E-state index in [0.717, 1.165) is 63.5 Å². The predicted octanol–water partition coefficient (Wildman–Crippen LogP) is 4.40. The Morgan fingerprint density at radius 1 is 1.18 bits per heavy atom. The largest absolute Gasteiger partial charge is 0.441 e. The van der Waals surface area contributed by atoms with Gasteiger partial charge < -0.3 is 19.4 Å². The number of nitrogens with zero attached hydrogens (tertiary/aromatic N) is 2. The van der Waals surface area contributed by atoms with E-state index in [9.17, 15) is 4.79 Å². The summed E-state index contributed by atoms with van der Waals surface area (Å²) in [6, 6.07) is 16.3. The number of ether oxygens (including phenoxy) is 2. The van der Waals surface area contributed by atoms with E-state index in [4.69, 9.17) is 9.47 Å². The van der Waals surface area contributed by atoms with Crippen LogP contribution < -0.4 is 10.6 Å². The molecule has 7 heteroatoms. The van der Waals surface area contributed by atoms with E-state index in [0.29, 0.717) is 6.04 Å². The van der Waals surface area contributed by atoms with Gasteiger partial charge in [0, 0.05) is 61.6 Å². The minimum atomic E-state index is -0.439. The third-order valence-electron chi connectivity index (χ3n) is 7.09. The molecule has 5 rings (SSSR count). The Kier molecular flexibility index (Phi) is 6.85. The van der Waals surface area contributed by atoms with E-state index in [1.165, 1.54) is 22.2 Å². The summed E-state index contributed by atoms with van der Waals surface area (Å²) in [5, 5.41) is 7.90. The van der Waals surface area contributed by atoms with Gasteiger partial charge in [0.05, 0.1) is 13.2 Å². The lowest BCUT2D eigenvalue weighted by Crippen LogP contribution is -2.40. The van der Waals surface area contributed by atoms with Crippen LogP contribution in [0.3, 0.4) is 0 Å². The van der Waals surface area contributed by atoms with Gasteiger partial charge in [-0.2, -0.15) is 0 Å². The highest BCUT2D eigenvalue weighted by Crippen LogP contribution is 2.39. The van der Waals surface area contributed by atoms with Gasteiger partial charge in [-0.25, -0.2) is 4.79 Å². The fourth-order valence-electron chi connectivity index (χ4n) is 5.27. The lowest BCUT2D eigenvalue weighted by molar-refractivity contribution is 0.0381. The first kappa shape index (κ1) is 22.9. The highest BCUT2D eigenvalue weighted by atomic mass is 16.6. The Labute approximate surface area is 201 Å². The average molecular weight is 463 g/mol. The monoisotopic (exact) mass is 462 g/mol. The fraction of sp³-hybridized carbons (Fsp3) is 0.444. The van der Waals surface area contributed by atoms with Gasteiger partial charge in [-0.1, -0.05) is 30.3 Å². The smallest absolute Gasteiger partial charge is 0.412 e. The molecule has 2 aliphatic rings. The number of rotatable bonds is 7. The van der Waals surface area contributed by atoms with Crippen molar-refractivity contribution >= 4 is 22.7 Å². The van der Waals surface area contributed by atoms with Gasteiger partial charge in [-0.15, -0.1) is 0 Å². The van der Waals surface area contributed by atoms with Gasteiger partial charge in [0.1, 0.15) is 6.10 Å². The number of nitrogens with one attached hydrogen (secondary N) is 2. The maximum atomic E-state index is 12.5. The molecule has 1 aliphatic carbocycles. The molecule has 1 amide bonds. The molecule has 0 radical (unpaired) electrons. The summed E-state index contributed by atoms with van der Waals surface area (Å²) >= 11 is 0. The van der Waals surface area contributed by atoms with Crippen LogP contribution in [0.4, 0.5) is 10.5 Å². The first-order chi connectivity index (χ1) is 16.6. The van der Waals surface area contributed by atoms with E-state index >= 15 is 0 Å². The number of hydrogen-bond donors (Lipinski definition) is 2. The Morgan fingerprint density at radius 2 is 1.97 bits per heavy atom. The molecular formula is C27H34N4O3. The number of fused-ring (bicyclic) bond motifs is 3. The van der Waals surface area contributed by atoms with Crippen LogP contribution in [0.1, 0.15) is 42.3 Å². The van der Waals surface area contributed by atoms with Crippen molar-refractivity contribution in [1.82, 2.24) is 14.8 Å². The molecule has 2 N–H and O–H groups in total. The second-order valence-corrected chi connectivity index (χ2v) is 9.24. The van der Waals surface area contributed by atoms with Crippen LogP contribution in [0.5, 0.6) is 0 Å². The van der Waals surface area contributed by atoms with Crippen molar-refractivity contribution in [2.45, 2.75) is 31.9 Å². The molecule has 180 valence electrons. The summed E-state index contributed by atoms with van der Waals surface area (Å²) in [6.45, 7) is 7.63. The van der Waals surface area contributed by atoms with Crippen LogP contribution in [-0.2, 0) is 22.9 Å². The molecule has 1 fully saturated rings. The summed E-state index contributed by atoms with van der Waals surface area (Å²) < 4.78 is 13.3. The van der Waals surface area contributed by atoms with Gasteiger partial charge >= 0.3 is 6.09 Å². The Balaban J connectivity index is 1.24. The Morgan fingerprint density at radius 3 is 2.76 bits per heavy atom. The van der Waals surface area contributed by atoms with Crippen LogP contribution in [0.2, 0.25) is 0 Å². The molecule has 0 bridgehead atoms. The Hall–Kier alpha value is -2.87. The number of anilines is 1. The first-order valence-electron chi connectivity index (χ1n) is 12.3. The lowest BCUT2D eigenvalue weighted by Gasteiger charge is -2.27. The molecule has 0 saturated carbocycles. The number of carbonyl (C=O) groups excluding carboxylic acids is 1. The van der Waals surface area contributed by atoms with Crippen LogP contribution in [0, 0.1) is 0 Å². The number of carbonyl (C=O) groups is 1. The third kappa shape index (κ3) is 4.82. The van der Waals surface area contributed by atoms with Gasteiger partial charge in [-0.05, 0) is 49.1 Å². The number of aromatic nitrogens is 1. The maximum Gasteiger partial charge on any atom is 0.412 e. The van der Waals surface area contributed by atoms with Crippen molar-refractivity contribution < 1.29 is 14.3 Å². The van der Waals surface area contributed by atoms with Crippen LogP contribution >= 0.6 is 0 Å². The summed E-state index contributed by atoms with van der Waals surface area (Å²) in [5.41, 5.74) is 5.68. The molecule has 7 nitrogen and oxygen atoms in total. The molecule has 2 heterocycles. The van der Waals surface area contributed by atoms with Gasteiger partial charge in [0.25, 0.3) is 0 Å². The van der Waals surface area contributed by atoms with Crippen LogP contribution in [0.25, 0.3) is 10.9 Å². The number of hydrogen-bond acceptors (Lipinski definition) is 5. The minimum absolute atomic E-state index is 0.310. The molecule has 2 atom stereocenters. The van der Waals surface area contributed by atoms with Gasteiger partial charge in [-0.3, -0.25) is 10.2 Å². The predicted molar refractivity (Wildman–Crippen MR) is 134 cm³/mol. The molecule has 3 aromatic rings. The zero-order valence-electron chi connectivity index (χ0n) is 20.0. The fourth-order valence-corrected chi connectivity index (χ4v) is 5.27. The van der Waals surface area contributed by atoms with E-state index in [1.54, 1.807) is 0 Å². The number of benzene rings is 2. The summed E-state index contributed by atoms with van der Waals surface area (Å²) in [6.07, 6.45) is 1.40. The van der Waals surface area contributed by atoms with E-state index < -0.39 is 6.09 Å². The average Bonchev–Trinajstić information content (AvgIpc) is 3.39. The van der Waals surface area contributed by atoms with Crippen LogP contribution in [0.15, 0.2) is 48.5 Å². The van der Waals surface area contributed by atoms with Crippen LogP contribution in [-0.4, -0.2) is 55.0 Å². The van der Waals surface area contributed by atoms with E-state index in [1.807, 2.05) is 43.3 Å². The number of amides is 1. The highest BCUT2D eigenvalue weighted by Gasteiger charge is 2.28. The summed E-state index contributed by atoms with van der Waals surface area (Å²) in [7, 11) is 2.14. The van der Waals surface area contributed by atoms with Crippen molar-refractivity contribution in [1.29, 1.82) is 0 Å². The SMILES string of the molecule is CC(OC(=O)Nc1ccc2c(c1)c1c(n2C)C(NCCN2CCOCC2)CC1)c1ccccc1. The molecule has 1 aromatic heterocycles. The highest BCUT2D eigenvalue weighted by molar-refractivity contribution is 5.93. The zero-order chi connectivity index (χ0) is 23.5. The third-order valence-corrected chi connectivity index (χ3v) is 7.09. The topological polar surface area (TPSA) is 67.8 Å². The normalized spacial score (nSPS) is 19.2. The second-order valence-electron chi connectivity index (χ2n) is 9.24. The number of aryl methyl sites for hydroxylation is 2. The second kappa shape index (κ2) is 10.2. The minimum Gasteiger partial charge on any atom is -0.441 e. The summed E-state index contributed by atoms with van der Waals surface area (Å²) in [4.78, 5) is 15.0. The van der Waals surface area contributed by atoms with Crippen molar-refractivity contribution in [2.24, 2.45) is 7.05 Å². The van der Waals surface area contributed by atoms with E-state index in [2.05, 4.69) is 39.3 Å². The molecule has 34 heavy (non-hydrogen) atoms. The molecular weight excluding hydrogens is 428 g/mol. The van der Waals surface area contributed by atoms with E-state index in [-0.39, 0.29) is 6.10 Å². The van der Waals surface area contributed by atoms with Crippen molar-refractivity contribution in [3.05, 3.63) is 65.4 Å². The Bertz CT molecular complexity index is 1140. The molecule has 0 spiro atoms. The van der Waals surface area contributed by atoms with Gasteiger partial charge in [0.15, 0.2) is 0 Å². The lowest BCUT2D eigenvalue weighted by atomic mass is 10.1. The van der Waals surface area contributed by atoms with Crippen molar-refractivity contribution in [2.75, 3.05) is 44.7 Å². The maximum absolute atomic E-state index is 12.5. The summed E-state index contributed by atoms with van der Waals surface area (Å²) in [5.74, 6) is 0. The molecule has 2 aromatic carbocycles. The van der Waals surface area contributed by atoms with Crippen molar-refractivity contribution in [3.63, 3.8) is 0 Å². The zero-order valence-corrected chi connectivity index (χ0v) is 20.0. The van der Waals surface area contributed by atoms with Crippen molar-refractivity contribution in [3.8, 4) is 0 Å². The number of morpholine rings is 1. The van der Waals surface area contributed by atoms with Gasteiger partial charge in [0.2, 0.25) is 0 Å². The quantitative estimate of drug-likeness (QED) is 0.545.